The van der Waals surface area contributed by atoms with Gasteiger partial charge in [-0.05, 0) is 51.0 Å². The van der Waals surface area contributed by atoms with Crippen LogP contribution in [0.25, 0.3) is 0 Å². The number of imide groups is 1. The molecule has 0 spiro atoms. The van der Waals surface area contributed by atoms with Crippen LogP contribution in [0, 0.1) is 13.8 Å². The summed E-state index contributed by atoms with van der Waals surface area (Å²) in [5.74, 6) is -1.27. The van der Waals surface area contributed by atoms with Crippen molar-refractivity contribution in [3.05, 3.63) is 34.9 Å². The lowest BCUT2D eigenvalue weighted by atomic mass is 10.1. The number of ether oxygens (including phenoxy) is 1. The first-order valence-electron chi connectivity index (χ1n) is 6.72. The van der Waals surface area contributed by atoms with Crippen molar-refractivity contribution >= 4 is 17.9 Å². The predicted molar refractivity (Wildman–Crippen MR) is 78.0 cm³/mol. The number of hydrogen-bond donors (Lipinski definition) is 2. The molecular weight excluding hydrogens is 272 g/mol. The Bertz CT molecular complexity index is 555. The van der Waals surface area contributed by atoms with Crippen LogP contribution >= 0.6 is 0 Å². The standard InChI is InChI=1S/C15H20N2O4/c1-5-16-15(20)17-13(18)11(4)21-14(19)12-7-6-9(2)10(3)8-12/h6-8,11H,5H2,1-4H3,(H2,16,17,18,20). The van der Waals surface area contributed by atoms with Crippen LogP contribution in [0.3, 0.4) is 0 Å². The number of urea groups is 1. The maximum absolute atomic E-state index is 11.9. The number of hydrogen-bond acceptors (Lipinski definition) is 4. The number of benzene rings is 1. The van der Waals surface area contributed by atoms with Gasteiger partial charge in [0.15, 0.2) is 6.10 Å². The molecule has 1 aromatic carbocycles. The Morgan fingerprint density at radius 3 is 2.43 bits per heavy atom. The lowest BCUT2D eigenvalue weighted by molar-refractivity contribution is -0.127. The van der Waals surface area contributed by atoms with E-state index in [0.717, 1.165) is 11.1 Å². The Morgan fingerprint density at radius 1 is 1.19 bits per heavy atom. The summed E-state index contributed by atoms with van der Waals surface area (Å²) in [5, 5.41) is 4.51. The fourth-order valence-electron chi connectivity index (χ4n) is 1.57. The number of rotatable bonds is 4. The zero-order valence-electron chi connectivity index (χ0n) is 12.6. The van der Waals surface area contributed by atoms with Crippen molar-refractivity contribution in [3.8, 4) is 0 Å². The van der Waals surface area contributed by atoms with Crippen LogP contribution < -0.4 is 10.6 Å². The predicted octanol–water partition coefficient (Wildman–Crippen LogP) is 1.69. The molecule has 6 nitrogen and oxygen atoms in total. The van der Waals surface area contributed by atoms with Gasteiger partial charge in [-0.3, -0.25) is 10.1 Å². The molecule has 3 amide bonds. The second-order valence-electron chi connectivity index (χ2n) is 4.70. The summed E-state index contributed by atoms with van der Waals surface area (Å²) >= 11 is 0. The monoisotopic (exact) mass is 292 g/mol. The number of esters is 1. The third-order valence-corrected chi connectivity index (χ3v) is 2.97. The SMILES string of the molecule is CCNC(=O)NC(=O)C(C)OC(=O)c1ccc(C)c(C)c1. The molecule has 0 heterocycles. The smallest absolute Gasteiger partial charge is 0.338 e. The quantitative estimate of drug-likeness (QED) is 0.827. The van der Waals surface area contributed by atoms with Gasteiger partial charge in [0.05, 0.1) is 5.56 Å². The van der Waals surface area contributed by atoms with Gasteiger partial charge in [-0.2, -0.15) is 0 Å². The minimum Gasteiger partial charge on any atom is -0.449 e. The van der Waals surface area contributed by atoms with Crippen LogP contribution in [0.1, 0.15) is 35.3 Å². The van der Waals surface area contributed by atoms with E-state index in [0.29, 0.717) is 12.1 Å². The van der Waals surface area contributed by atoms with Gasteiger partial charge in [-0.1, -0.05) is 6.07 Å². The van der Waals surface area contributed by atoms with Crippen molar-refractivity contribution in [2.24, 2.45) is 0 Å². The fraction of sp³-hybridized carbons (Fsp3) is 0.400. The van der Waals surface area contributed by atoms with Crippen molar-refractivity contribution in [1.82, 2.24) is 10.6 Å². The van der Waals surface area contributed by atoms with E-state index in [-0.39, 0.29) is 0 Å². The van der Waals surface area contributed by atoms with Gasteiger partial charge < -0.3 is 10.1 Å². The Labute approximate surface area is 123 Å². The summed E-state index contributed by atoms with van der Waals surface area (Å²) < 4.78 is 5.04. The molecule has 21 heavy (non-hydrogen) atoms. The van der Waals surface area contributed by atoms with Crippen LogP contribution in [0.15, 0.2) is 18.2 Å². The Kier molecular flexibility index (Phi) is 5.90. The molecule has 2 N–H and O–H groups in total. The number of amides is 3. The van der Waals surface area contributed by atoms with Crippen molar-refractivity contribution in [2.45, 2.75) is 33.8 Å². The van der Waals surface area contributed by atoms with E-state index in [4.69, 9.17) is 4.74 Å². The zero-order chi connectivity index (χ0) is 16.0. The van der Waals surface area contributed by atoms with E-state index in [1.807, 2.05) is 19.9 Å². The van der Waals surface area contributed by atoms with Crippen LogP contribution in [-0.4, -0.2) is 30.6 Å². The molecule has 0 fully saturated rings. The molecule has 0 aliphatic heterocycles. The topological polar surface area (TPSA) is 84.5 Å². The zero-order valence-corrected chi connectivity index (χ0v) is 12.6. The summed E-state index contributed by atoms with van der Waals surface area (Å²) in [4.78, 5) is 34.8. The van der Waals surface area contributed by atoms with Crippen molar-refractivity contribution in [2.75, 3.05) is 6.54 Å². The van der Waals surface area contributed by atoms with Crippen molar-refractivity contribution in [1.29, 1.82) is 0 Å². The van der Waals surface area contributed by atoms with Gasteiger partial charge in [-0.25, -0.2) is 9.59 Å². The highest BCUT2D eigenvalue weighted by molar-refractivity contribution is 5.98. The lowest BCUT2D eigenvalue weighted by Gasteiger charge is -2.13. The van der Waals surface area contributed by atoms with Crippen molar-refractivity contribution in [3.63, 3.8) is 0 Å². The molecule has 1 atom stereocenters. The number of nitrogens with one attached hydrogen (secondary N) is 2. The number of aryl methyl sites for hydroxylation is 2. The molecule has 0 bridgehead atoms. The number of carbonyl (C=O) groups excluding carboxylic acids is 3. The van der Waals surface area contributed by atoms with Crippen LogP contribution in [0.4, 0.5) is 4.79 Å². The summed E-state index contributed by atoms with van der Waals surface area (Å²) in [5.41, 5.74) is 2.40. The van der Waals surface area contributed by atoms with E-state index in [1.54, 1.807) is 19.1 Å². The van der Waals surface area contributed by atoms with Crippen LogP contribution in [0.5, 0.6) is 0 Å². The Balaban J connectivity index is 2.63. The average Bonchev–Trinajstić information content (AvgIpc) is 2.41. The van der Waals surface area contributed by atoms with Gasteiger partial charge in [0.2, 0.25) is 0 Å². The molecule has 1 unspecified atom stereocenters. The maximum Gasteiger partial charge on any atom is 0.338 e. The molecule has 0 aliphatic carbocycles. The summed E-state index contributed by atoms with van der Waals surface area (Å²) in [6.45, 7) is 7.36. The van der Waals surface area contributed by atoms with Gasteiger partial charge in [0.25, 0.3) is 5.91 Å². The third-order valence-electron chi connectivity index (χ3n) is 2.97. The van der Waals surface area contributed by atoms with Crippen LogP contribution in [0.2, 0.25) is 0 Å². The first-order chi connectivity index (χ1) is 9.85. The molecule has 114 valence electrons. The normalized spacial score (nSPS) is 11.4. The second kappa shape index (κ2) is 7.42. The molecule has 0 aromatic heterocycles. The molecule has 6 heteroatoms. The second-order valence-corrected chi connectivity index (χ2v) is 4.70. The minimum atomic E-state index is -1.05. The highest BCUT2D eigenvalue weighted by Crippen LogP contribution is 2.11. The van der Waals surface area contributed by atoms with E-state index in [9.17, 15) is 14.4 Å². The van der Waals surface area contributed by atoms with Gasteiger partial charge >= 0.3 is 12.0 Å². The summed E-state index contributed by atoms with van der Waals surface area (Å²) in [6.07, 6.45) is -1.05. The minimum absolute atomic E-state index is 0.371. The third kappa shape index (κ3) is 4.91. The first kappa shape index (κ1) is 16.7. The van der Waals surface area contributed by atoms with Gasteiger partial charge in [0, 0.05) is 6.54 Å². The van der Waals surface area contributed by atoms with Gasteiger partial charge in [-0.15, -0.1) is 0 Å². The lowest BCUT2D eigenvalue weighted by Crippen LogP contribution is -2.44. The first-order valence-corrected chi connectivity index (χ1v) is 6.72. The van der Waals surface area contributed by atoms with Crippen molar-refractivity contribution < 1.29 is 19.1 Å². The fourth-order valence-corrected chi connectivity index (χ4v) is 1.57. The molecule has 0 radical (unpaired) electrons. The molecule has 0 saturated carbocycles. The van der Waals surface area contributed by atoms with E-state index in [1.165, 1.54) is 6.92 Å². The summed E-state index contributed by atoms with van der Waals surface area (Å²) in [6, 6.07) is 4.54. The molecular formula is C15H20N2O4. The average molecular weight is 292 g/mol. The number of carbonyl (C=O) groups is 3. The van der Waals surface area contributed by atoms with E-state index < -0.39 is 24.0 Å². The molecule has 1 aromatic rings. The molecule has 0 saturated heterocycles. The highest BCUT2D eigenvalue weighted by atomic mass is 16.5. The van der Waals surface area contributed by atoms with E-state index >= 15 is 0 Å². The molecule has 0 aliphatic rings. The Morgan fingerprint density at radius 2 is 1.86 bits per heavy atom. The van der Waals surface area contributed by atoms with Gasteiger partial charge in [0.1, 0.15) is 0 Å². The maximum atomic E-state index is 11.9. The Hall–Kier alpha value is -2.37. The summed E-state index contributed by atoms with van der Waals surface area (Å²) in [7, 11) is 0. The largest absolute Gasteiger partial charge is 0.449 e. The van der Waals surface area contributed by atoms with E-state index in [2.05, 4.69) is 10.6 Å². The molecule has 1 rings (SSSR count). The highest BCUT2D eigenvalue weighted by Gasteiger charge is 2.20. The van der Waals surface area contributed by atoms with Crippen LogP contribution in [-0.2, 0) is 9.53 Å².